The van der Waals surface area contributed by atoms with Crippen molar-refractivity contribution >= 4 is 26.2 Å². The number of nitrogens with one attached hydrogen (secondary N) is 1. The Balaban J connectivity index is 5.19. The summed E-state index contributed by atoms with van der Waals surface area (Å²) in [5.41, 5.74) is 0. The number of carboxylic acid groups (broad SMARTS) is 1. The predicted octanol–water partition coefficient (Wildman–Crippen LogP) is 2.87. The normalized spacial score (nSPS) is 14.7. The van der Waals surface area contributed by atoms with Gasteiger partial charge in [-0.25, -0.2) is 0 Å². The highest BCUT2D eigenvalue weighted by molar-refractivity contribution is 6.74. The largest absolute Gasteiger partial charge is 0.481 e. The van der Waals surface area contributed by atoms with Gasteiger partial charge in [0.2, 0.25) is 5.91 Å². The van der Waals surface area contributed by atoms with Crippen LogP contribution in [0.15, 0.2) is 12.2 Å². The summed E-state index contributed by atoms with van der Waals surface area (Å²) in [5.74, 6) is -1.95. The Bertz CT molecular complexity index is 524. The zero-order chi connectivity index (χ0) is 20.5. The number of aliphatic carboxylic acids is 1. The van der Waals surface area contributed by atoms with Crippen molar-refractivity contribution in [3.05, 3.63) is 12.2 Å². The van der Waals surface area contributed by atoms with Gasteiger partial charge in [-0.3, -0.25) is 14.4 Å². The van der Waals surface area contributed by atoms with E-state index in [0.29, 0.717) is 0 Å². The van der Waals surface area contributed by atoms with Crippen molar-refractivity contribution in [1.82, 2.24) is 5.32 Å². The van der Waals surface area contributed by atoms with Gasteiger partial charge in [-0.05, 0) is 31.1 Å². The number of rotatable bonds is 10. The van der Waals surface area contributed by atoms with Crippen LogP contribution < -0.4 is 5.32 Å². The van der Waals surface area contributed by atoms with Crippen molar-refractivity contribution < 1.29 is 28.7 Å². The fourth-order valence-electron chi connectivity index (χ4n) is 1.86. The van der Waals surface area contributed by atoms with E-state index in [2.05, 4.69) is 39.2 Å². The van der Waals surface area contributed by atoms with Gasteiger partial charge in [0.25, 0.3) is 0 Å². The Morgan fingerprint density at radius 3 is 2.19 bits per heavy atom. The Morgan fingerprint density at radius 2 is 1.77 bits per heavy atom. The molecule has 0 heterocycles. The fourth-order valence-corrected chi connectivity index (χ4v) is 2.89. The summed E-state index contributed by atoms with van der Waals surface area (Å²) in [6, 6.07) is -0.549. The van der Waals surface area contributed by atoms with Gasteiger partial charge in [0, 0.05) is 6.92 Å². The molecule has 0 aliphatic rings. The Kier molecular flexibility index (Phi) is 9.80. The van der Waals surface area contributed by atoms with Gasteiger partial charge >= 0.3 is 11.9 Å². The molecular weight excluding hydrogens is 354 g/mol. The summed E-state index contributed by atoms with van der Waals surface area (Å²) in [4.78, 5) is 34.1. The number of esters is 1. The quantitative estimate of drug-likeness (QED) is 0.339. The second kappa shape index (κ2) is 10.5. The minimum atomic E-state index is -2.05. The molecule has 8 heteroatoms. The SMILES string of the molecule is C/C=C/[C@@H](OC(=O)CCC(=O)O)[C@H](CO[Si](C)(C)C(C)(C)C)NC(C)=O. The Morgan fingerprint density at radius 1 is 1.19 bits per heavy atom. The van der Waals surface area contributed by atoms with Gasteiger partial charge in [-0.2, -0.15) is 0 Å². The lowest BCUT2D eigenvalue weighted by Crippen LogP contribution is -2.50. The van der Waals surface area contributed by atoms with Gasteiger partial charge in [-0.15, -0.1) is 0 Å². The molecule has 0 spiro atoms. The molecule has 2 atom stereocenters. The van der Waals surface area contributed by atoms with Crippen LogP contribution in [0.3, 0.4) is 0 Å². The van der Waals surface area contributed by atoms with E-state index in [-0.39, 0.29) is 30.4 Å². The maximum atomic E-state index is 11.9. The molecule has 0 aromatic rings. The highest BCUT2D eigenvalue weighted by atomic mass is 28.4. The molecule has 150 valence electrons. The molecule has 0 rings (SSSR count). The molecule has 0 aliphatic carbocycles. The second-order valence-electron chi connectivity index (χ2n) is 7.75. The van der Waals surface area contributed by atoms with E-state index in [1.807, 2.05) is 0 Å². The zero-order valence-corrected chi connectivity index (χ0v) is 17.9. The first kappa shape index (κ1) is 24.3. The van der Waals surface area contributed by atoms with E-state index in [1.165, 1.54) is 6.92 Å². The minimum Gasteiger partial charge on any atom is -0.481 e. The van der Waals surface area contributed by atoms with Gasteiger partial charge in [-0.1, -0.05) is 26.8 Å². The highest BCUT2D eigenvalue weighted by Gasteiger charge is 2.38. The lowest BCUT2D eigenvalue weighted by atomic mass is 10.1. The highest BCUT2D eigenvalue weighted by Crippen LogP contribution is 2.36. The number of amides is 1. The maximum absolute atomic E-state index is 11.9. The minimum absolute atomic E-state index is 0.00201. The monoisotopic (exact) mass is 387 g/mol. The van der Waals surface area contributed by atoms with Crippen molar-refractivity contribution in [2.75, 3.05) is 6.61 Å². The van der Waals surface area contributed by atoms with Crippen LogP contribution in [0.4, 0.5) is 0 Å². The third-order valence-electron chi connectivity index (χ3n) is 4.41. The standard InChI is InChI=1S/C18H33NO6Si/c1-8-9-15(25-17(23)11-10-16(21)22)14(19-13(2)20)12-24-26(6,7)18(3,4)5/h8-9,14-15H,10-12H2,1-7H3,(H,19,20)(H,21,22)/b9-8+/t14-,15+/m0/s1. The lowest BCUT2D eigenvalue weighted by Gasteiger charge is -2.38. The fraction of sp³-hybridized carbons (Fsp3) is 0.722. The first-order valence-corrected chi connectivity index (χ1v) is 11.7. The maximum Gasteiger partial charge on any atom is 0.307 e. The molecule has 0 aromatic heterocycles. The van der Waals surface area contributed by atoms with Crippen LogP contribution in [0.5, 0.6) is 0 Å². The molecule has 0 radical (unpaired) electrons. The lowest BCUT2D eigenvalue weighted by molar-refractivity contribution is -0.152. The molecule has 0 unspecified atom stereocenters. The number of ether oxygens (including phenoxy) is 1. The van der Waals surface area contributed by atoms with E-state index in [9.17, 15) is 14.4 Å². The van der Waals surface area contributed by atoms with Crippen molar-refractivity contribution in [3.8, 4) is 0 Å². The van der Waals surface area contributed by atoms with Crippen LogP contribution in [0, 0.1) is 0 Å². The average molecular weight is 388 g/mol. The van der Waals surface area contributed by atoms with E-state index < -0.39 is 32.4 Å². The van der Waals surface area contributed by atoms with Crippen molar-refractivity contribution in [1.29, 1.82) is 0 Å². The topological polar surface area (TPSA) is 102 Å². The predicted molar refractivity (Wildman–Crippen MR) is 102 cm³/mol. The van der Waals surface area contributed by atoms with Crippen molar-refractivity contribution in [2.45, 2.75) is 77.7 Å². The first-order chi connectivity index (χ1) is 11.8. The summed E-state index contributed by atoms with van der Waals surface area (Å²) in [5, 5.41) is 11.5. The zero-order valence-electron chi connectivity index (χ0n) is 16.9. The summed E-state index contributed by atoms with van der Waals surface area (Å²) >= 11 is 0. The van der Waals surface area contributed by atoms with Gasteiger partial charge in [0.1, 0.15) is 6.10 Å². The first-order valence-electron chi connectivity index (χ1n) is 8.75. The van der Waals surface area contributed by atoms with E-state index in [4.69, 9.17) is 14.3 Å². The molecule has 1 amide bonds. The van der Waals surface area contributed by atoms with Crippen molar-refractivity contribution in [2.24, 2.45) is 0 Å². The van der Waals surface area contributed by atoms with Crippen LogP contribution in [0.25, 0.3) is 0 Å². The number of carbonyl (C=O) groups is 3. The molecule has 26 heavy (non-hydrogen) atoms. The molecule has 7 nitrogen and oxygen atoms in total. The van der Waals surface area contributed by atoms with Gasteiger partial charge < -0.3 is 19.6 Å². The molecule has 0 aliphatic heterocycles. The summed E-state index contributed by atoms with van der Waals surface area (Å²) in [6.45, 7) is 13.9. The van der Waals surface area contributed by atoms with E-state index in [0.717, 1.165) is 0 Å². The molecule has 0 bridgehead atoms. The molecule has 0 aromatic carbocycles. The third kappa shape index (κ3) is 9.14. The van der Waals surface area contributed by atoms with Crippen LogP contribution in [-0.2, 0) is 23.5 Å². The van der Waals surface area contributed by atoms with Crippen LogP contribution >= 0.6 is 0 Å². The van der Waals surface area contributed by atoms with Crippen molar-refractivity contribution in [3.63, 3.8) is 0 Å². The molecular formula is C18H33NO6Si. The summed E-state index contributed by atoms with van der Waals surface area (Å²) < 4.78 is 11.6. The van der Waals surface area contributed by atoms with Gasteiger partial charge in [0.05, 0.1) is 25.5 Å². The smallest absolute Gasteiger partial charge is 0.307 e. The summed E-state index contributed by atoms with van der Waals surface area (Å²) in [6.07, 6.45) is 2.13. The third-order valence-corrected chi connectivity index (χ3v) is 8.91. The van der Waals surface area contributed by atoms with E-state index in [1.54, 1.807) is 19.1 Å². The molecule has 0 saturated carbocycles. The number of hydrogen-bond donors (Lipinski definition) is 2. The van der Waals surface area contributed by atoms with Gasteiger partial charge in [0.15, 0.2) is 8.32 Å². The summed E-state index contributed by atoms with van der Waals surface area (Å²) in [7, 11) is -2.05. The Labute approximate surface area is 157 Å². The van der Waals surface area contributed by atoms with E-state index >= 15 is 0 Å². The molecule has 0 fully saturated rings. The number of hydrogen-bond acceptors (Lipinski definition) is 5. The average Bonchev–Trinajstić information content (AvgIpc) is 2.47. The second-order valence-corrected chi connectivity index (χ2v) is 12.6. The number of allylic oxidation sites excluding steroid dienone is 1. The van der Waals surface area contributed by atoms with Crippen LogP contribution in [0.2, 0.25) is 18.1 Å². The molecule has 2 N–H and O–H groups in total. The van der Waals surface area contributed by atoms with Crippen LogP contribution in [0.1, 0.15) is 47.5 Å². The number of carboxylic acids is 1. The van der Waals surface area contributed by atoms with Crippen LogP contribution in [-0.4, -0.2) is 50.0 Å². The molecule has 0 saturated heterocycles. The number of carbonyl (C=O) groups excluding carboxylic acids is 2. The Hall–Kier alpha value is -1.67.